The minimum Gasteiger partial charge on any atom is -0.416 e. The van der Waals surface area contributed by atoms with Gasteiger partial charge in [-0.25, -0.2) is 4.98 Å². The molecule has 1 aromatic carbocycles. The van der Waals surface area contributed by atoms with E-state index in [0.717, 1.165) is 29.7 Å². The number of nitrogens with zero attached hydrogens (tertiary/aromatic N) is 3. The summed E-state index contributed by atoms with van der Waals surface area (Å²) >= 11 is 0. The molecule has 3 rings (SSSR count). The molecule has 32 heavy (non-hydrogen) atoms. The van der Waals surface area contributed by atoms with Gasteiger partial charge in [0.15, 0.2) is 8.32 Å². The summed E-state index contributed by atoms with van der Waals surface area (Å²) in [4.78, 5) is 18.5. The third-order valence-electron chi connectivity index (χ3n) is 7.03. The van der Waals surface area contributed by atoms with Gasteiger partial charge in [-0.1, -0.05) is 41.5 Å². The summed E-state index contributed by atoms with van der Waals surface area (Å²) in [6.07, 6.45) is 0.875. The van der Waals surface area contributed by atoms with Crippen LogP contribution in [-0.4, -0.2) is 50.1 Å². The van der Waals surface area contributed by atoms with Crippen molar-refractivity contribution in [1.82, 2.24) is 9.55 Å². The topological polar surface area (TPSA) is 82.6 Å². The Kier molecular flexibility index (Phi) is 7.67. The molecular weight excluding hydrogens is 420 g/mol. The van der Waals surface area contributed by atoms with Crippen LogP contribution in [0.3, 0.4) is 0 Å². The van der Waals surface area contributed by atoms with Crippen LogP contribution in [0.4, 0.5) is 11.6 Å². The standard InChI is InChI=1S/C24H40N4O3Si/c1-16(2)32(17(3)4,18(5)6)31-12-10-19(7)28-22-9-8-20(14-21(22)26-24(28)25)27-11-13-30-15-23(27)29/h8-9,14,16-19H,10-13,15H2,1-7H3,(H2,25,26)/t19-/m1/s1. The first kappa shape index (κ1) is 24.7. The molecule has 1 aliphatic rings. The Labute approximate surface area is 193 Å². The SMILES string of the molecule is CC(C)[Si](OCC[C@@H](C)n1c(N)nc2cc(N3CCOCC3=O)ccc21)(C(C)C)C(C)C. The van der Waals surface area contributed by atoms with Gasteiger partial charge >= 0.3 is 0 Å². The van der Waals surface area contributed by atoms with E-state index in [2.05, 4.69) is 58.0 Å². The third kappa shape index (κ3) is 4.58. The van der Waals surface area contributed by atoms with E-state index in [-0.39, 0.29) is 18.6 Å². The number of hydrogen-bond acceptors (Lipinski definition) is 5. The number of anilines is 2. The van der Waals surface area contributed by atoms with Gasteiger partial charge in [-0.05, 0) is 48.2 Å². The Morgan fingerprint density at radius 1 is 1.12 bits per heavy atom. The summed E-state index contributed by atoms with van der Waals surface area (Å²) in [7, 11) is -1.88. The van der Waals surface area contributed by atoms with Gasteiger partial charge in [0, 0.05) is 24.9 Å². The molecule has 1 aliphatic heterocycles. The number of fused-ring (bicyclic) bond motifs is 1. The second-order valence-corrected chi connectivity index (χ2v) is 15.4. The summed E-state index contributed by atoms with van der Waals surface area (Å²) in [6.45, 7) is 18.0. The predicted molar refractivity (Wildman–Crippen MR) is 134 cm³/mol. The summed E-state index contributed by atoms with van der Waals surface area (Å²) < 4.78 is 14.1. The number of amides is 1. The summed E-state index contributed by atoms with van der Waals surface area (Å²) in [5.41, 5.74) is 10.7. The van der Waals surface area contributed by atoms with Crippen molar-refractivity contribution in [2.24, 2.45) is 0 Å². The van der Waals surface area contributed by atoms with Crippen molar-refractivity contribution < 1.29 is 14.0 Å². The molecule has 0 aliphatic carbocycles. The Morgan fingerprint density at radius 2 is 1.78 bits per heavy atom. The summed E-state index contributed by atoms with van der Waals surface area (Å²) in [5, 5.41) is 0. The largest absolute Gasteiger partial charge is 0.416 e. The zero-order chi connectivity index (χ0) is 23.6. The molecule has 1 aromatic heterocycles. The highest BCUT2D eigenvalue weighted by atomic mass is 28.4. The van der Waals surface area contributed by atoms with E-state index in [0.29, 0.717) is 35.7 Å². The fourth-order valence-corrected chi connectivity index (χ4v) is 11.0. The van der Waals surface area contributed by atoms with E-state index in [4.69, 9.17) is 14.9 Å². The van der Waals surface area contributed by atoms with Crippen LogP contribution in [0.1, 0.15) is 60.9 Å². The minimum atomic E-state index is -1.88. The van der Waals surface area contributed by atoms with Crippen molar-refractivity contribution in [3.63, 3.8) is 0 Å². The van der Waals surface area contributed by atoms with E-state index < -0.39 is 8.32 Å². The molecule has 8 heteroatoms. The molecule has 2 aromatic rings. The molecule has 0 saturated carbocycles. The number of carbonyl (C=O) groups is 1. The molecule has 2 heterocycles. The highest BCUT2D eigenvalue weighted by molar-refractivity contribution is 6.77. The Morgan fingerprint density at radius 3 is 2.38 bits per heavy atom. The number of nitrogen functional groups attached to an aromatic ring is 1. The number of nitrogens with two attached hydrogens (primary N) is 1. The van der Waals surface area contributed by atoms with Crippen LogP contribution in [0.15, 0.2) is 18.2 Å². The van der Waals surface area contributed by atoms with E-state index in [1.165, 1.54) is 0 Å². The van der Waals surface area contributed by atoms with Crippen LogP contribution in [-0.2, 0) is 14.0 Å². The molecule has 0 radical (unpaired) electrons. The normalized spacial score (nSPS) is 16.7. The maximum absolute atomic E-state index is 12.2. The van der Waals surface area contributed by atoms with Gasteiger partial charge in [-0.15, -0.1) is 0 Å². The van der Waals surface area contributed by atoms with Gasteiger partial charge in [0.1, 0.15) is 6.61 Å². The van der Waals surface area contributed by atoms with Gasteiger partial charge in [0.25, 0.3) is 5.91 Å². The lowest BCUT2D eigenvalue weighted by Crippen LogP contribution is -2.48. The molecule has 7 nitrogen and oxygen atoms in total. The van der Waals surface area contributed by atoms with Crippen molar-refractivity contribution in [2.45, 2.75) is 77.6 Å². The number of carbonyl (C=O) groups excluding carboxylic acids is 1. The maximum atomic E-state index is 12.2. The number of benzene rings is 1. The fourth-order valence-electron chi connectivity index (χ4n) is 5.56. The van der Waals surface area contributed by atoms with Crippen molar-refractivity contribution in [2.75, 3.05) is 37.0 Å². The first-order chi connectivity index (χ1) is 15.1. The first-order valence-electron chi connectivity index (χ1n) is 11.9. The number of rotatable bonds is 9. The van der Waals surface area contributed by atoms with Gasteiger partial charge in [0.2, 0.25) is 5.95 Å². The Balaban J connectivity index is 1.77. The second-order valence-electron chi connectivity index (χ2n) is 9.91. The van der Waals surface area contributed by atoms with Crippen LogP contribution < -0.4 is 10.6 Å². The van der Waals surface area contributed by atoms with E-state index in [9.17, 15) is 4.79 Å². The lowest BCUT2D eigenvalue weighted by Gasteiger charge is -2.42. The van der Waals surface area contributed by atoms with Gasteiger partial charge < -0.3 is 24.4 Å². The van der Waals surface area contributed by atoms with Crippen LogP contribution in [0, 0.1) is 0 Å². The molecule has 0 bridgehead atoms. The monoisotopic (exact) mass is 460 g/mol. The Bertz CT molecular complexity index is 919. The molecule has 1 amide bonds. The second kappa shape index (κ2) is 9.93. The maximum Gasteiger partial charge on any atom is 0.253 e. The first-order valence-corrected chi connectivity index (χ1v) is 14.0. The number of hydrogen-bond donors (Lipinski definition) is 1. The molecule has 0 spiro atoms. The average molecular weight is 461 g/mol. The minimum absolute atomic E-state index is 0.0263. The zero-order valence-electron chi connectivity index (χ0n) is 20.7. The fraction of sp³-hybridized carbons (Fsp3) is 0.667. The van der Waals surface area contributed by atoms with Crippen LogP contribution in [0.5, 0.6) is 0 Å². The van der Waals surface area contributed by atoms with Crippen molar-refractivity contribution in [1.29, 1.82) is 0 Å². The van der Waals surface area contributed by atoms with Crippen molar-refractivity contribution in [3.05, 3.63) is 18.2 Å². The highest BCUT2D eigenvalue weighted by Crippen LogP contribution is 2.42. The molecular formula is C24H40N4O3Si. The van der Waals surface area contributed by atoms with Gasteiger partial charge in [-0.2, -0.15) is 0 Å². The summed E-state index contributed by atoms with van der Waals surface area (Å²) in [6, 6.07) is 6.10. The van der Waals surface area contributed by atoms with E-state index >= 15 is 0 Å². The lowest BCUT2D eigenvalue weighted by molar-refractivity contribution is -0.125. The molecule has 178 valence electrons. The van der Waals surface area contributed by atoms with E-state index in [1.807, 2.05) is 18.2 Å². The highest BCUT2D eigenvalue weighted by Gasteiger charge is 2.44. The quantitative estimate of drug-likeness (QED) is 0.525. The zero-order valence-corrected chi connectivity index (χ0v) is 21.7. The van der Waals surface area contributed by atoms with Crippen LogP contribution in [0.2, 0.25) is 16.6 Å². The lowest BCUT2D eigenvalue weighted by atomic mass is 10.2. The molecule has 2 N–H and O–H groups in total. The summed E-state index contributed by atoms with van der Waals surface area (Å²) in [5.74, 6) is 0.472. The smallest absolute Gasteiger partial charge is 0.253 e. The predicted octanol–water partition coefficient (Wildman–Crippen LogP) is 5.12. The van der Waals surface area contributed by atoms with Gasteiger partial charge in [-0.3, -0.25) is 4.79 Å². The van der Waals surface area contributed by atoms with Crippen molar-refractivity contribution in [3.8, 4) is 0 Å². The number of imidazole rings is 1. The number of morpholine rings is 1. The Hall–Kier alpha value is -1.90. The van der Waals surface area contributed by atoms with Crippen LogP contribution >= 0.6 is 0 Å². The number of ether oxygens (including phenoxy) is 1. The van der Waals surface area contributed by atoms with Crippen LogP contribution in [0.25, 0.3) is 11.0 Å². The van der Waals surface area contributed by atoms with Gasteiger partial charge in [0.05, 0.1) is 17.6 Å². The molecule has 1 saturated heterocycles. The molecule has 1 atom stereocenters. The number of aromatic nitrogens is 2. The third-order valence-corrected chi connectivity index (χ3v) is 13.2. The van der Waals surface area contributed by atoms with Crippen molar-refractivity contribution >= 4 is 36.9 Å². The average Bonchev–Trinajstić information content (AvgIpc) is 3.05. The van der Waals surface area contributed by atoms with E-state index in [1.54, 1.807) is 4.90 Å². The molecule has 1 fully saturated rings. The molecule has 0 unspecified atom stereocenters.